The summed E-state index contributed by atoms with van der Waals surface area (Å²) in [6.45, 7) is 7.13. The Labute approximate surface area is 120 Å². The van der Waals surface area contributed by atoms with E-state index in [2.05, 4.69) is 24.0 Å². The molecule has 2 heterocycles. The average Bonchev–Trinajstić information content (AvgIpc) is 3.09. The predicted molar refractivity (Wildman–Crippen MR) is 78.4 cm³/mol. The van der Waals surface area contributed by atoms with Gasteiger partial charge in [0.25, 0.3) is 0 Å². The Morgan fingerprint density at radius 1 is 1.20 bits per heavy atom. The van der Waals surface area contributed by atoms with E-state index in [1.54, 1.807) is 6.20 Å². The zero-order valence-corrected chi connectivity index (χ0v) is 12.5. The third kappa shape index (κ3) is 3.10. The third-order valence-electron chi connectivity index (χ3n) is 3.77. The first kappa shape index (κ1) is 14.8. The van der Waals surface area contributed by atoms with Crippen LogP contribution in [0.15, 0.2) is 24.5 Å². The van der Waals surface area contributed by atoms with Gasteiger partial charge in [-0.15, -0.1) is 0 Å². The Bertz CT molecular complexity index is 527. The molecule has 0 saturated carbocycles. The van der Waals surface area contributed by atoms with Crippen molar-refractivity contribution in [3.63, 3.8) is 0 Å². The number of rotatable bonds is 7. The number of aliphatic hydroxyl groups is 1. The van der Waals surface area contributed by atoms with Crippen LogP contribution >= 0.6 is 0 Å². The standard InChI is InChI=1S/C15H24N4O/c1-4-13(5-2)19-10-8-12(17-19)11-15(20)14-7-9-16-18(14)6-3/h7-10,13,15,20H,4-6,11H2,1-3H3. The third-order valence-corrected chi connectivity index (χ3v) is 3.77. The molecule has 2 aromatic rings. The summed E-state index contributed by atoms with van der Waals surface area (Å²) in [5.41, 5.74) is 1.78. The van der Waals surface area contributed by atoms with Gasteiger partial charge in [0, 0.05) is 25.4 Å². The van der Waals surface area contributed by atoms with Crippen LogP contribution in [0.4, 0.5) is 0 Å². The molecule has 110 valence electrons. The molecule has 0 spiro atoms. The van der Waals surface area contributed by atoms with E-state index in [9.17, 15) is 5.11 Å². The zero-order valence-electron chi connectivity index (χ0n) is 12.5. The van der Waals surface area contributed by atoms with Crippen LogP contribution in [0.25, 0.3) is 0 Å². The van der Waals surface area contributed by atoms with Crippen LogP contribution in [0.3, 0.4) is 0 Å². The fourth-order valence-electron chi connectivity index (χ4n) is 2.55. The monoisotopic (exact) mass is 276 g/mol. The Balaban J connectivity index is 2.07. The lowest BCUT2D eigenvalue weighted by molar-refractivity contribution is 0.165. The van der Waals surface area contributed by atoms with Crippen molar-refractivity contribution in [2.45, 2.75) is 58.7 Å². The van der Waals surface area contributed by atoms with E-state index in [-0.39, 0.29) is 0 Å². The highest BCUT2D eigenvalue weighted by Gasteiger charge is 2.15. The lowest BCUT2D eigenvalue weighted by atomic mass is 10.1. The summed E-state index contributed by atoms with van der Waals surface area (Å²) in [7, 11) is 0. The second-order valence-corrected chi connectivity index (χ2v) is 5.05. The molecule has 0 fully saturated rings. The lowest BCUT2D eigenvalue weighted by Crippen LogP contribution is -2.11. The topological polar surface area (TPSA) is 55.9 Å². The van der Waals surface area contributed by atoms with Crippen molar-refractivity contribution >= 4 is 0 Å². The van der Waals surface area contributed by atoms with Gasteiger partial charge in [0.15, 0.2) is 0 Å². The quantitative estimate of drug-likeness (QED) is 0.846. The molecule has 1 unspecified atom stereocenters. The minimum absolute atomic E-state index is 0.446. The van der Waals surface area contributed by atoms with Crippen LogP contribution < -0.4 is 0 Å². The van der Waals surface area contributed by atoms with E-state index in [1.807, 2.05) is 34.6 Å². The Morgan fingerprint density at radius 2 is 1.95 bits per heavy atom. The summed E-state index contributed by atoms with van der Waals surface area (Å²) in [6, 6.07) is 4.31. The molecule has 5 heteroatoms. The minimum atomic E-state index is -0.553. The highest BCUT2D eigenvalue weighted by Crippen LogP contribution is 2.19. The number of nitrogens with zero attached hydrogens (tertiary/aromatic N) is 4. The Morgan fingerprint density at radius 3 is 2.60 bits per heavy atom. The molecule has 20 heavy (non-hydrogen) atoms. The number of aromatic nitrogens is 4. The van der Waals surface area contributed by atoms with Crippen molar-refractivity contribution in [1.82, 2.24) is 19.6 Å². The van der Waals surface area contributed by atoms with Crippen LogP contribution in [0, 0.1) is 0 Å². The first-order chi connectivity index (χ1) is 9.69. The van der Waals surface area contributed by atoms with E-state index in [1.165, 1.54) is 0 Å². The molecule has 2 rings (SSSR count). The number of aliphatic hydroxyl groups excluding tert-OH is 1. The summed E-state index contributed by atoms with van der Waals surface area (Å²) in [5, 5.41) is 19.1. The van der Waals surface area contributed by atoms with Crippen LogP contribution in [0.2, 0.25) is 0 Å². The number of hydrogen-bond acceptors (Lipinski definition) is 3. The van der Waals surface area contributed by atoms with Gasteiger partial charge in [-0.25, -0.2) is 0 Å². The van der Waals surface area contributed by atoms with Gasteiger partial charge in [-0.2, -0.15) is 10.2 Å². The maximum absolute atomic E-state index is 10.3. The van der Waals surface area contributed by atoms with Gasteiger partial charge in [-0.3, -0.25) is 9.36 Å². The molecule has 5 nitrogen and oxygen atoms in total. The molecule has 0 aliphatic heterocycles. The molecular weight excluding hydrogens is 252 g/mol. The maximum Gasteiger partial charge on any atom is 0.101 e. The van der Waals surface area contributed by atoms with Gasteiger partial charge in [0.05, 0.1) is 17.4 Å². The van der Waals surface area contributed by atoms with Crippen LogP contribution in [-0.4, -0.2) is 24.7 Å². The number of hydrogen-bond donors (Lipinski definition) is 1. The highest BCUT2D eigenvalue weighted by molar-refractivity contribution is 5.10. The highest BCUT2D eigenvalue weighted by atomic mass is 16.3. The molecule has 0 saturated heterocycles. The lowest BCUT2D eigenvalue weighted by Gasteiger charge is -2.13. The van der Waals surface area contributed by atoms with Crippen molar-refractivity contribution in [2.75, 3.05) is 0 Å². The SMILES string of the molecule is CCC(CC)n1ccc(CC(O)c2ccnn2CC)n1. The largest absolute Gasteiger partial charge is 0.386 e. The van der Waals surface area contributed by atoms with Gasteiger partial charge >= 0.3 is 0 Å². The Kier molecular flexibility index (Phi) is 4.95. The van der Waals surface area contributed by atoms with Crippen LogP contribution in [0.5, 0.6) is 0 Å². The van der Waals surface area contributed by atoms with E-state index < -0.39 is 6.10 Å². The predicted octanol–water partition coefficient (Wildman–Crippen LogP) is 2.74. The normalized spacial score (nSPS) is 13.1. The molecular formula is C15H24N4O. The van der Waals surface area contributed by atoms with E-state index >= 15 is 0 Å². The van der Waals surface area contributed by atoms with E-state index in [0.717, 1.165) is 30.8 Å². The van der Waals surface area contributed by atoms with Crippen molar-refractivity contribution in [3.8, 4) is 0 Å². The molecule has 0 aliphatic rings. The Hall–Kier alpha value is -1.62. The first-order valence-corrected chi connectivity index (χ1v) is 7.43. The minimum Gasteiger partial charge on any atom is -0.386 e. The summed E-state index contributed by atoms with van der Waals surface area (Å²) in [6.07, 6.45) is 5.86. The first-order valence-electron chi connectivity index (χ1n) is 7.43. The zero-order chi connectivity index (χ0) is 14.5. The molecule has 2 aromatic heterocycles. The summed E-state index contributed by atoms with van der Waals surface area (Å²) >= 11 is 0. The van der Waals surface area contributed by atoms with Crippen molar-refractivity contribution < 1.29 is 5.11 Å². The van der Waals surface area contributed by atoms with E-state index in [4.69, 9.17) is 0 Å². The fraction of sp³-hybridized carbons (Fsp3) is 0.600. The second-order valence-electron chi connectivity index (χ2n) is 5.05. The van der Waals surface area contributed by atoms with Crippen molar-refractivity contribution in [1.29, 1.82) is 0 Å². The summed E-state index contributed by atoms with van der Waals surface area (Å²) in [5.74, 6) is 0. The summed E-state index contributed by atoms with van der Waals surface area (Å²) in [4.78, 5) is 0. The van der Waals surface area contributed by atoms with Gasteiger partial charge in [0.2, 0.25) is 0 Å². The van der Waals surface area contributed by atoms with Crippen LogP contribution in [-0.2, 0) is 13.0 Å². The van der Waals surface area contributed by atoms with Gasteiger partial charge in [0.1, 0.15) is 6.10 Å². The summed E-state index contributed by atoms with van der Waals surface area (Å²) < 4.78 is 3.84. The number of aryl methyl sites for hydroxylation is 1. The maximum atomic E-state index is 10.3. The van der Waals surface area contributed by atoms with Crippen molar-refractivity contribution in [3.05, 3.63) is 35.9 Å². The molecule has 0 amide bonds. The van der Waals surface area contributed by atoms with Crippen LogP contribution in [0.1, 0.15) is 57.1 Å². The van der Waals surface area contributed by atoms with Gasteiger partial charge in [-0.05, 0) is 31.9 Å². The van der Waals surface area contributed by atoms with Crippen molar-refractivity contribution in [2.24, 2.45) is 0 Å². The molecule has 0 bridgehead atoms. The molecule has 0 aromatic carbocycles. The average molecular weight is 276 g/mol. The fourth-order valence-corrected chi connectivity index (χ4v) is 2.55. The van der Waals surface area contributed by atoms with E-state index in [0.29, 0.717) is 12.5 Å². The molecule has 0 radical (unpaired) electrons. The second kappa shape index (κ2) is 6.70. The molecule has 1 atom stereocenters. The van der Waals surface area contributed by atoms with Gasteiger partial charge in [-0.1, -0.05) is 13.8 Å². The molecule has 0 aliphatic carbocycles. The smallest absolute Gasteiger partial charge is 0.101 e. The van der Waals surface area contributed by atoms with Gasteiger partial charge < -0.3 is 5.11 Å². The molecule has 1 N–H and O–H groups in total.